The van der Waals surface area contributed by atoms with E-state index in [1.54, 1.807) is 18.3 Å². The summed E-state index contributed by atoms with van der Waals surface area (Å²) in [5.41, 5.74) is 0.600. The lowest BCUT2D eigenvalue weighted by atomic mass is 10.3. The molecule has 0 bridgehead atoms. The highest BCUT2D eigenvalue weighted by molar-refractivity contribution is 7.99. The van der Waals surface area contributed by atoms with E-state index in [-0.39, 0.29) is 11.9 Å². The van der Waals surface area contributed by atoms with Crippen LogP contribution in [0.2, 0.25) is 0 Å². The second kappa shape index (κ2) is 4.85. The molecule has 1 N–H and O–H groups in total. The molecule has 0 fully saturated rings. The standard InChI is InChI=1S/C9H10N2OS/c1-7(6-12)13-9-4-8(5-10)2-3-11-9/h2-4,7,12H,6H2,1H3. The number of thioether (sulfide) groups is 1. The molecule has 1 atom stereocenters. The van der Waals surface area contributed by atoms with Gasteiger partial charge in [-0.2, -0.15) is 5.26 Å². The number of hydrogen-bond acceptors (Lipinski definition) is 4. The average molecular weight is 194 g/mol. The third-order valence-electron chi connectivity index (χ3n) is 1.44. The van der Waals surface area contributed by atoms with Crippen LogP contribution < -0.4 is 0 Å². The Labute approximate surface area is 81.4 Å². The summed E-state index contributed by atoms with van der Waals surface area (Å²) >= 11 is 1.46. The van der Waals surface area contributed by atoms with Gasteiger partial charge in [0.2, 0.25) is 0 Å². The molecule has 0 saturated carbocycles. The fraction of sp³-hybridized carbons (Fsp3) is 0.333. The first-order valence-corrected chi connectivity index (χ1v) is 4.78. The maximum Gasteiger partial charge on any atom is 0.0993 e. The Balaban J connectivity index is 2.73. The fourth-order valence-corrected chi connectivity index (χ4v) is 1.59. The molecule has 1 unspecified atom stereocenters. The zero-order valence-electron chi connectivity index (χ0n) is 7.27. The van der Waals surface area contributed by atoms with Crippen molar-refractivity contribution in [1.82, 2.24) is 4.98 Å². The van der Waals surface area contributed by atoms with Crippen LogP contribution in [0.4, 0.5) is 0 Å². The van der Waals surface area contributed by atoms with Crippen molar-refractivity contribution < 1.29 is 5.11 Å². The first kappa shape index (κ1) is 10.0. The number of aromatic nitrogens is 1. The topological polar surface area (TPSA) is 56.9 Å². The summed E-state index contributed by atoms with van der Waals surface area (Å²) in [4.78, 5) is 4.08. The van der Waals surface area contributed by atoms with Crippen LogP contribution in [0, 0.1) is 11.3 Å². The smallest absolute Gasteiger partial charge is 0.0993 e. The van der Waals surface area contributed by atoms with Gasteiger partial charge in [0.05, 0.1) is 23.3 Å². The Bertz CT molecular complexity index is 322. The van der Waals surface area contributed by atoms with Crippen LogP contribution in [0.15, 0.2) is 23.4 Å². The maximum atomic E-state index is 8.81. The molecule has 0 aliphatic heterocycles. The Morgan fingerprint density at radius 2 is 2.54 bits per heavy atom. The molecule has 1 aromatic heterocycles. The molecule has 4 heteroatoms. The summed E-state index contributed by atoms with van der Waals surface area (Å²) in [5, 5.41) is 18.3. The van der Waals surface area contributed by atoms with E-state index >= 15 is 0 Å². The van der Waals surface area contributed by atoms with Crippen molar-refractivity contribution in [3.63, 3.8) is 0 Å². The molecule has 0 radical (unpaired) electrons. The average Bonchev–Trinajstić information content (AvgIpc) is 2.18. The molecule has 0 aromatic carbocycles. The molecule has 3 nitrogen and oxygen atoms in total. The van der Waals surface area contributed by atoms with Crippen LogP contribution in [-0.2, 0) is 0 Å². The molecule has 1 aromatic rings. The van der Waals surface area contributed by atoms with E-state index in [4.69, 9.17) is 10.4 Å². The molecule has 13 heavy (non-hydrogen) atoms. The minimum absolute atomic E-state index is 0.112. The zero-order chi connectivity index (χ0) is 9.68. The summed E-state index contributed by atoms with van der Waals surface area (Å²) in [5.74, 6) is 0. The molecule has 1 heterocycles. The SMILES string of the molecule is CC(CO)Sc1cc(C#N)ccn1. The van der Waals surface area contributed by atoms with Crippen molar-refractivity contribution in [3.8, 4) is 6.07 Å². The molecule has 0 aliphatic rings. The lowest BCUT2D eigenvalue weighted by molar-refractivity contribution is 0.300. The van der Waals surface area contributed by atoms with Gasteiger partial charge in [-0.05, 0) is 12.1 Å². The molecular formula is C9H10N2OS. The van der Waals surface area contributed by atoms with Gasteiger partial charge in [0.1, 0.15) is 0 Å². The molecule has 68 valence electrons. The first-order valence-electron chi connectivity index (χ1n) is 3.90. The fourth-order valence-electron chi connectivity index (χ4n) is 0.787. The predicted molar refractivity (Wildman–Crippen MR) is 51.4 cm³/mol. The van der Waals surface area contributed by atoms with Crippen molar-refractivity contribution in [2.75, 3.05) is 6.61 Å². The van der Waals surface area contributed by atoms with Gasteiger partial charge in [-0.25, -0.2) is 4.98 Å². The van der Waals surface area contributed by atoms with E-state index in [1.807, 2.05) is 13.0 Å². The minimum atomic E-state index is 0.112. The van der Waals surface area contributed by atoms with Crippen molar-refractivity contribution in [1.29, 1.82) is 5.26 Å². The van der Waals surface area contributed by atoms with Gasteiger partial charge >= 0.3 is 0 Å². The normalized spacial score (nSPS) is 12.1. The Morgan fingerprint density at radius 3 is 3.15 bits per heavy atom. The van der Waals surface area contributed by atoms with E-state index in [9.17, 15) is 0 Å². The lowest BCUT2D eigenvalue weighted by Crippen LogP contribution is -2.02. The summed E-state index contributed by atoms with van der Waals surface area (Å²) < 4.78 is 0. The summed E-state index contributed by atoms with van der Waals surface area (Å²) in [6.45, 7) is 2.02. The molecule has 0 aliphatic carbocycles. The zero-order valence-corrected chi connectivity index (χ0v) is 8.08. The number of rotatable bonds is 3. The highest BCUT2D eigenvalue weighted by Gasteiger charge is 2.03. The minimum Gasteiger partial charge on any atom is -0.395 e. The lowest BCUT2D eigenvalue weighted by Gasteiger charge is -2.05. The molecule has 1 rings (SSSR count). The van der Waals surface area contributed by atoms with E-state index in [0.29, 0.717) is 5.56 Å². The Morgan fingerprint density at radius 1 is 1.77 bits per heavy atom. The van der Waals surface area contributed by atoms with Crippen molar-refractivity contribution in [2.24, 2.45) is 0 Å². The second-order valence-electron chi connectivity index (χ2n) is 2.61. The second-order valence-corrected chi connectivity index (χ2v) is 4.06. The van der Waals surface area contributed by atoms with Crippen LogP contribution in [0.25, 0.3) is 0 Å². The van der Waals surface area contributed by atoms with E-state index in [0.717, 1.165) is 5.03 Å². The number of nitrogens with zero attached hydrogens (tertiary/aromatic N) is 2. The van der Waals surface area contributed by atoms with Crippen LogP contribution in [0.1, 0.15) is 12.5 Å². The molecule has 0 saturated heterocycles. The van der Waals surface area contributed by atoms with E-state index in [2.05, 4.69) is 4.98 Å². The third kappa shape index (κ3) is 3.05. The third-order valence-corrected chi connectivity index (χ3v) is 2.46. The van der Waals surface area contributed by atoms with Gasteiger partial charge in [0.15, 0.2) is 0 Å². The van der Waals surface area contributed by atoms with Gasteiger partial charge in [0, 0.05) is 11.4 Å². The number of aliphatic hydroxyl groups excluding tert-OH is 1. The van der Waals surface area contributed by atoms with E-state index in [1.165, 1.54) is 11.8 Å². The Hall–Kier alpha value is -1.05. The van der Waals surface area contributed by atoms with Gasteiger partial charge in [-0.1, -0.05) is 6.92 Å². The van der Waals surface area contributed by atoms with Crippen molar-refractivity contribution in [3.05, 3.63) is 23.9 Å². The number of pyridine rings is 1. The van der Waals surface area contributed by atoms with Gasteiger partial charge in [-0.15, -0.1) is 11.8 Å². The summed E-state index contributed by atoms with van der Waals surface area (Å²) in [7, 11) is 0. The molecule has 0 spiro atoms. The number of hydrogen-bond donors (Lipinski definition) is 1. The summed E-state index contributed by atoms with van der Waals surface area (Å²) in [6.07, 6.45) is 1.60. The quantitative estimate of drug-likeness (QED) is 0.739. The van der Waals surface area contributed by atoms with Crippen LogP contribution in [0.5, 0.6) is 0 Å². The first-order chi connectivity index (χ1) is 6.26. The van der Waals surface area contributed by atoms with Crippen molar-refractivity contribution in [2.45, 2.75) is 17.2 Å². The van der Waals surface area contributed by atoms with Gasteiger partial charge in [-0.3, -0.25) is 0 Å². The Kier molecular flexibility index (Phi) is 3.74. The largest absolute Gasteiger partial charge is 0.395 e. The van der Waals surface area contributed by atoms with Crippen LogP contribution in [-0.4, -0.2) is 21.9 Å². The van der Waals surface area contributed by atoms with Crippen molar-refractivity contribution >= 4 is 11.8 Å². The predicted octanol–water partition coefficient (Wildman–Crippen LogP) is 1.43. The maximum absolute atomic E-state index is 8.81. The van der Waals surface area contributed by atoms with Crippen LogP contribution in [0.3, 0.4) is 0 Å². The van der Waals surface area contributed by atoms with E-state index < -0.39 is 0 Å². The highest BCUT2D eigenvalue weighted by Crippen LogP contribution is 2.20. The molecule has 0 amide bonds. The van der Waals surface area contributed by atoms with Crippen LogP contribution >= 0.6 is 11.8 Å². The highest BCUT2D eigenvalue weighted by atomic mass is 32.2. The summed E-state index contributed by atoms with van der Waals surface area (Å²) in [6, 6.07) is 5.42. The molecular weight excluding hydrogens is 184 g/mol. The number of aliphatic hydroxyl groups is 1. The monoisotopic (exact) mass is 194 g/mol. The number of nitriles is 1. The van der Waals surface area contributed by atoms with Gasteiger partial charge < -0.3 is 5.11 Å². The van der Waals surface area contributed by atoms with Gasteiger partial charge in [0.25, 0.3) is 0 Å².